The second-order valence-corrected chi connectivity index (χ2v) is 4.07. The first-order valence-electron chi connectivity index (χ1n) is 4.56. The fourth-order valence-corrected chi connectivity index (χ4v) is 0.883. The summed E-state index contributed by atoms with van der Waals surface area (Å²) in [5.74, 6) is -0.308. The largest absolute Gasteiger partial charge is 0.368 e. The molecule has 13 heavy (non-hydrogen) atoms. The van der Waals surface area contributed by atoms with Gasteiger partial charge in [-0.2, -0.15) is 0 Å². The first-order valence-corrected chi connectivity index (χ1v) is 4.56. The van der Waals surface area contributed by atoms with Crippen LogP contribution in [-0.4, -0.2) is 43.5 Å². The third-order valence-corrected chi connectivity index (χ3v) is 1.97. The molecule has 0 fully saturated rings. The van der Waals surface area contributed by atoms with E-state index in [1.807, 2.05) is 14.1 Å². The summed E-state index contributed by atoms with van der Waals surface area (Å²) in [5, 5.41) is 3.11. The number of primary amides is 1. The van der Waals surface area contributed by atoms with E-state index in [9.17, 15) is 4.79 Å². The molecule has 1 amide bonds. The van der Waals surface area contributed by atoms with Crippen LogP contribution >= 0.6 is 0 Å². The Kier molecular flexibility index (Phi) is 4.95. The molecule has 78 valence electrons. The van der Waals surface area contributed by atoms with Crippen molar-refractivity contribution in [1.29, 1.82) is 0 Å². The van der Waals surface area contributed by atoms with E-state index < -0.39 is 5.54 Å². The highest BCUT2D eigenvalue weighted by molar-refractivity contribution is 5.83. The monoisotopic (exact) mass is 187 g/mol. The van der Waals surface area contributed by atoms with Crippen molar-refractivity contribution in [2.75, 3.05) is 27.2 Å². The van der Waals surface area contributed by atoms with Crippen LogP contribution in [0.4, 0.5) is 0 Å². The Bertz CT molecular complexity index is 166. The van der Waals surface area contributed by atoms with Crippen molar-refractivity contribution in [3.63, 3.8) is 0 Å². The lowest BCUT2D eigenvalue weighted by molar-refractivity contribution is -0.123. The second kappa shape index (κ2) is 5.19. The molecule has 0 aromatic heterocycles. The second-order valence-electron chi connectivity index (χ2n) is 4.07. The number of rotatable bonds is 6. The van der Waals surface area contributed by atoms with Crippen molar-refractivity contribution in [2.24, 2.45) is 5.73 Å². The van der Waals surface area contributed by atoms with E-state index >= 15 is 0 Å². The maximum absolute atomic E-state index is 10.9. The van der Waals surface area contributed by atoms with Crippen LogP contribution in [0.2, 0.25) is 0 Å². The van der Waals surface area contributed by atoms with Gasteiger partial charge in [0, 0.05) is 0 Å². The molecule has 4 heteroatoms. The Labute approximate surface area is 80.5 Å². The third kappa shape index (κ3) is 5.60. The molecule has 0 rings (SSSR count). The molecule has 0 atom stereocenters. The van der Waals surface area contributed by atoms with Crippen LogP contribution in [-0.2, 0) is 4.79 Å². The fraction of sp³-hybridized carbons (Fsp3) is 0.889. The van der Waals surface area contributed by atoms with E-state index in [2.05, 4.69) is 10.2 Å². The van der Waals surface area contributed by atoms with Crippen LogP contribution in [0, 0.1) is 0 Å². The van der Waals surface area contributed by atoms with Gasteiger partial charge in [-0.1, -0.05) is 0 Å². The van der Waals surface area contributed by atoms with E-state index in [1.54, 1.807) is 13.8 Å². The molecule has 0 spiro atoms. The average Bonchev–Trinajstić information content (AvgIpc) is 1.97. The molecule has 0 aliphatic rings. The molecule has 0 saturated heterocycles. The summed E-state index contributed by atoms with van der Waals surface area (Å²) in [7, 11) is 4.05. The lowest BCUT2D eigenvalue weighted by Crippen LogP contribution is -2.51. The highest BCUT2D eigenvalue weighted by Gasteiger charge is 2.22. The number of carbonyl (C=O) groups excluding carboxylic acids is 1. The molecule has 0 saturated carbocycles. The van der Waals surface area contributed by atoms with Gasteiger partial charge in [-0.25, -0.2) is 0 Å². The summed E-state index contributed by atoms with van der Waals surface area (Å²) >= 11 is 0. The summed E-state index contributed by atoms with van der Waals surface area (Å²) in [4.78, 5) is 13.0. The van der Waals surface area contributed by atoms with Gasteiger partial charge in [-0.05, 0) is 47.5 Å². The molecule has 4 nitrogen and oxygen atoms in total. The van der Waals surface area contributed by atoms with Gasteiger partial charge in [0.2, 0.25) is 5.91 Å². The van der Waals surface area contributed by atoms with Crippen molar-refractivity contribution in [3.8, 4) is 0 Å². The standard InChI is InChI=1S/C9H21N3O/c1-9(2,8(10)13)11-6-5-7-12(3)4/h11H,5-7H2,1-4H3,(H2,10,13). The molecule has 0 bridgehead atoms. The molecule has 0 aliphatic carbocycles. The molecular formula is C9H21N3O. The Morgan fingerprint density at radius 3 is 2.38 bits per heavy atom. The van der Waals surface area contributed by atoms with Crippen molar-refractivity contribution in [1.82, 2.24) is 10.2 Å². The van der Waals surface area contributed by atoms with Gasteiger partial charge in [0.1, 0.15) is 0 Å². The first kappa shape index (κ1) is 12.4. The summed E-state index contributed by atoms with van der Waals surface area (Å²) in [6, 6.07) is 0. The summed E-state index contributed by atoms with van der Waals surface area (Å²) in [6.07, 6.45) is 1.02. The minimum atomic E-state index is -0.591. The van der Waals surface area contributed by atoms with E-state index in [4.69, 9.17) is 5.73 Å². The predicted octanol–water partition coefficient (Wildman–Crippen LogP) is -0.208. The van der Waals surface area contributed by atoms with E-state index in [0.717, 1.165) is 19.5 Å². The highest BCUT2D eigenvalue weighted by atomic mass is 16.1. The number of hydrogen-bond acceptors (Lipinski definition) is 3. The Hall–Kier alpha value is -0.610. The number of hydrogen-bond donors (Lipinski definition) is 2. The zero-order chi connectivity index (χ0) is 10.5. The first-order chi connectivity index (χ1) is 5.86. The minimum Gasteiger partial charge on any atom is -0.368 e. The SMILES string of the molecule is CN(C)CCCNC(C)(C)C(N)=O. The van der Waals surface area contributed by atoms with E-state index in [0.29, 0.717) is 0 Å². The maximum Gasteiger partial charge on any atom is 0.237 e. The van der Waals surface area contributed by atoms with Crippen LogP contribution in [0.25, 0.3) is 0 Å². The van der Waals surface area contributed by atoms with Gasteiger partial charge in [0.25, 0.3) is 0 Å². The van der Waals surface area contributed by atoms with Crippen molar-refractivity contribution < 1.29 is 4.79 Å². The third-order valence-electron chi connectivity index (χ3n) is 1.97. The highest BCUT2D eigenvalue weighted by Crippen LogP contribution is 1.99. The van der Waals surface area contributed by atoms with Gasteiger partial charge in [0.15, 0.2) is 0 Å². The molecule has 0 aromatic rings. The topological polar surface area (TPSA) is 58.4 Å². The molecule has 0 unspecified atom stereocenters. The Morgan fingerprint density at radius 1 is 1.46 bits per heavy atom. The van der Waals surface area contributed by atoms with Crippen molar-refractivity contribution in [2.45, 2.75) is 25.8 Å². The molecule has 0 aromatic carbocycles. The Balaban J connectivity index is 3.58. The fourth-order valence-electron chi connectivity index (χ4n) is 0.883. The summed E-state index contributed by atoms with van der Waals surface area (Å²) in [5.41, 5.74) is 4.61. The molecular weight excluding hydrogens is 166 g/mol. The minimum absolute atomic E-state index is 0.308. The molecule has 0 heterocycles. The molecule has 3 N–H and O–H groups in total. The summed E-state index contributed by atoms with van der Waals surface area (Å²) < 4.78 is 0. The van der Waals surface area contributed by atoms with Gasteiger partial charge < -0.3 is 16.0 Å². The van der Waals surface area contributed by atoms with Gasteiger partial charge in [-0.15, -0.1) is 0 Å². The summed E-state index contributed by atoms with van der Waals surface area (Å²) in [6.45, 7) is 5.42. The number of carbonyl (C=O) groups is 1. The zero-order valence-electron chi connectivity index (χ0n) is 9.05. The molecule has 0 radical (unpaired) electrons. The zero-order valence-corrected chi connectivity index (χ0v) is 9.05. The number of nitrogens with one attached hydrogen (secondary N) is 1. The van der Waals surface area contributed by atoms with Crippen LogP contribution in [0.1, 0.15) is 20.3 Å². The van der Waals surface area contributed by atoms with Gasteiger partial charge in [0.05, 0.1) is 5.54 Å². The van der Waals surface area contributed by atoms with Gasteiger partial charge in [-0.3, -0.25) is 4.79 Å². The lowest BCUT2D eigenvalue weighted by atomic mass is 10.1. The van der Waals surface area contributed by atoms with E-state index in [1.165, 1.54) is 0 Å². The van der Waals surface area contributed by atoms with E-state index in [-0.39, 0.29) is 5.91 Å². The number of nitrogens with two attached hydrogens (primary N) is 1. The molecule has 0 aliphatic heterocycles. The Morgan fingerprint density at radius 2 is 2.00 bits per heavy atom. The van der Waals surface area contributed by atoms with Crippen molar-refractivity contribution in [3.05, 3.63) is 0 Å². The number of nitrogens with zero attached hydrogens (tertiary/aromatic N) is 1. The quantitative estimate of drug-likeness (QED) is 0.566. The number of amides is 1. The lowest BCUT2D eigenvalue weighted by Gasteiger charge is -2.22. The van der Waals surface area contributed by atoms with Crippen LogP contribution < -0.4 is 11.1 Å². The van der Waals surface area contributed by atoms with Crippen molar-refractivity contribution >= 4 is 5.91 Å². The van der Waals surface area contributed by atoms with Gasteiger partial charge >= 0.3 is 0 Å². The smallest absolute Gasteiger partial charge is 0.237 e. The van der Waals surface area contributed by atoms with Crippen LogP contribution in [0.5, 0.6) is 0 Å². The van der Waals surface area contributed by atoms with Crippen LogP contribution in [0.3, 0.4) is 0 Å². The van der Waals surface area contributed by atoms with Crippen LogP contribution in [0.15, 0.2) is 0 Å². The maximum atomic E-state index is 10.9. The predicted molar refractivity (Wildman–Crippen MR) is 54.4 cm³/mol. The average molecular weight is 187 g/mol. The normalized spacial score (nSPS) is 12.1.